The minimum absolute atomic E-state index is 0.910. The van der Waals surface area contributed by atoms with Crippen LogP contribution in [0, 0.1) is 0 Å². The molecule has 0 amide bonds. The summed E-state index contributed by atoms with van der Waals surface area (Å²) < 4.78 is 0. The molecule has 82 valence electrons. The highest BCUT2D eigenvalue weighted by Gasteiger charge is 2.10. The topological polar surface area (TPSA) is 3.24 Å². The Morgan fingerprint density at radius 1 is 1.20 bits per heavy atom. The third-order valence-electron chi connectivity index (χ3n) is 3.21. The number of aryl methyl sites for hydroxylation is 2. The van der Waals surface area contributed by atoms with Crippen molar-refractivity contribution in [2.24, 2.45) is 0 Å². The molecule has 0 saturated carbocycles. The molecule has 0 atom stereocenters. The van der Waals surface area contributed by atoms with Crippen molar-refractivity contribution in [3.63, 3.8) is 0 Å². The summed E-state index contributed by atoms with van der Waals surface area (Å²) in [4.78, 5) is 2.28. The Morgan fingerprint density at radius 3 is 2.67 bits per heavy atom. The Labute approximate surface area is 97.9 Å². The maximum Gasteiger partial charge on any atom is 0.0366 e. The Hall–Kier alpha value is -0.630. The summed E-state index contributed by atoms with van der Waals surface area (Å²) in [6.45, 7) is 1.02. The smallest absolute Gasteiger partial charge is 0.0366 e. The van der Waals surface area contributed by atoms with Crippen molar-refractivity contribution in [3.05, 3.63) is 29.3 Å². The number of thiol groups is 1. The van der Waals surface area contributed by atoms with Crippen molar-refractivity contribution in [2.45, 2.75) is 25.7 Å². The molecule has 1 aliphatic carbocycles. The highest BCUT2D eigenvalue weighted by atomic mass is 32.1. The monoisotopic (exact) mass is 221 g/mol. The van der Waals surface area contributed by atoms with Gasteiger partial charge in [-0.25, -0.2) is 0 Å². The molecule has 1 nitrogen and oxygen atoms in total. The van der Waals surface area contributed by atoms with Gasteiger partial charge < -0.3 is 4.90 Å². The molecule has 0 saturated heterocycles. The van der Waals surface area contributed by atoms with Gasteiger partial charge in [0.15, 0.2) is 0 Å². The van der Waals surface area contributed by atoms with E-state index in [9.17, 15) is 0 Å². The van der Waals surface area contributed by atoms with Crippen molar-refractivity contribution in [1.82, 2.24) is 0 Å². The van der Waals surface area contributed by atoms with Crippen molar-refractivity contribution < 1.29 is 0 Å². The van der Waals surface area contributed by atoms with Crippen LogP contribution in [0.1, 0.15) is 24.0 Å². The highest BCUT2D eigenvalue weighted by Crippen LogP contribution is 2.25. The normalized spacial score (nSPS) is 14.8. The first kappa shape index (κ1) is 10.9. The molecule has 2 heteroatoms. The van der Waals surface area contributed by atoms with E-state index in [2.05, 4.69) is 42.8 Å². The van der Waals surface area contributed by atoms with Gasteiger partial charge in [-0.15, -0.1) is 0 Å². The molecule has 15 heavy (non-hydrogen) atoms. The maximum absolute atomic E-state index is 4.27. The lowest BCUT2D eigenvalue weighted by atomic mass is 9.91. The number of fused-ring (bicyclic) bond motifs is 1. The molecule has 0 aromatic heterocycles. The van der Waals surface area contributed by atoms with Gasteiger partial charge in [-0.05, 0) is 48.9 Å². The van der Waals surface area contributed by atoms with Crippen LogP contribution >= 0.6 is 12.6 Å². The van der Waals surface area contributed by atoms with Gasteiger partial charge in [0, 0.05) is 25.0 Å². The Morgan fingerprint density at radius 2 is 1.93 bits per heavy atom. The van der Waals surface area contributed by atoms with Crippen LogP contribution in [0.4, 0.5) is 5.69 Å². The van der Waals surface area contributed by atoms with E-state index in [0.29, 0.717) is 0 Å². The summed E-state index contributed by atoms with van der Waals surface area (Å²) >= 11 is 4.27. The fourth-order valence-corrected chi connectivity index (χ4v) is 2.54. The van der Waals surface area contributed by atoms with Crippen LogP contribution in [0.5, 0.6) is 0 Å². The molecule has 0 spiro atoms. The molecule has 1 aromatic rings. The molecule has 0 bridgehead atoms. The standard InChI is InChI=1S/C13H19NS/c1-14(8-9-15)13-7-6-11-4-2-3-5-12(11)10-13/h6-7,10,15H,2-5,8-9H2,1H3. The summed E-state index contributed by atoms with van der Waals surface area (Å²) in [5.74, 6) is 0.910. The van der Waals surface area contributed by atoms with Gasteiger partial charge in [-0.2, -0.15) is 12.6 Å². The molecular formula is C13H19NS. The quantitative estimate of drug-likeness (QED) is 0.768. The van der Waals surface area contributed by atoms with E-state index in [4.69, 9.17) is 0 Å². The first-order valence-electron chi connectivity index (χ1n) is 5.75. The van der Waals surface area contributed by atoms with E-state index in [-0.39, 0.29) is 0 Å². The third kappa shape index (κ3) is 2.49. The van der Waals surface area contributed by atoms with E-state index in [1.165, 1.54) is 31.4 Å². The number of anilines is 1. The van der Waals surface area contributed by atoms with Gasteiger partial charge in [-0.3, -0.25) is 0 Å². The van der Waals surface area contributed by atoms with Crippen molar-refractivity contribution >= 4 is 18.3 Å². The summed E-state index contributed by atoms with van der Waals surface area (Å²) in [5.41, 5.74) is 4.46. The van der Waals surface area contributed by atoms with Gasteiger partial charge in [0.05, 0.1) is 0 Å². The summed E-state index contributed by atoms with van der Waals surface area (Å²) in [6, 6.07) is 6.91. The largest absolute Gasteiger partial charge is 0.374 e. The SMILES string of the molecule is CN(CCS)c1ccc2c(c1)CCCC2. The van der Waals surface area contributed by atoms with E-state index < -0.39 is 0 Å². The van der Waals surface area contributed by atoms with Crippen LogP contribution in [-0.4, -0.2) is 19.3 Å². The highest BCUT2D eigenvalue weighted by molar-refractivity contribution is 7.80. The zero-order chi connectivity index (χ0) is 10.7. The lowest BCUT2D eigenvalue weighted by molar-refractivity contribution is 0.685. The fourth-order valence-electron chi connectivity index (χ4n) is 2.24. The van der Waals surface area contributed by atoms with Gasteiger partial charge in [0.1, 0.15) is 0 Å². The minimum Gasteiger partial charge on any atom is -0.374 e. The molecule has 0 aliphatic heterocycles. The average molecular weight is 221 g/mol. The van der Waals surface area contributed by atoms with Gasteiger partial charge in [0.2, 0.25) is 0 Å². The van der Waals surface area contributed by atoms with E-state index in [1.807, 2.05) is 0 Å². The van der Waals surface area contributed by atoms with Gasteiger partial charge in [-0.1, -0.05) is 6.07 Å². The van der Waals surface area contributed by atoms with E-state index in [0.717, 1.165) is 12.3 Å². The lowest BCUT2D eigenvalue weighted by Crippen LogP contribution is -2.20. The number of benzene rings is 1. The molecule has 0 heterocycles. The predicted molar refractivity (Wildman–Crippen MR) is 70.2 cm³/mol. The van der Waals surface area contributed by atoms with Crippen LogP contribution < -0.4 is 4.90 Å². The minimum atomic E-state index is 0.910. The number of nitrogens with zero attached hydrogens (tertiary/aromatic N) is 1. The molecule has 0 radical (unpaired) electrons. The Kier molecular flexibility index (Phi) is 3.57. The summed E-state index contributed by atoms with van der Waals surface area (Å²) in [7, 11) is 2.14. The van der Waals surface area contributed by atoms with Crippen molar-refractivity contribution in [2.75, 3.05) is 24.2 Å². The molecule has 1 aromatic carbocycles. The first-order chi connectivity index (χ1) is 7.31. The van der Waals surface area contributed by atoms with Crippen LogP contribution in [0.2, 0.25) is 0 Å². The maximum atomic E-state index is 4.27. The number of hydrogen-bond donors (Lipinski definition) is 1. The molecule has 0 N–H and O–H groups in total. The second kappa shape index (κ2) is 4.93. The number of rotatable bonds is 3. The van der Waals surface area contributed by atoms with E-state index in [1.54, 1.807) is 11.1 Å². The predicted octanol–water partition coefficient (Wildman–Crippen LogP) is 2.93. The lowest BCUT2D eigenvalue weighted by Gasteiger charge is -2.22. The fraction of sp³-hybridized carbons (Fsp3) is 0.538. The molecular weight excluding hydrogens is 202 g/mol. The summed E-state index contributed by atoms with van der Waals surface area (Å²) in [6.07, 6.45) is 5.25. The molecule has 2 rings (SSSR count). The van der Waals surface area contributed by atoms with Crippen LogP contribution in [0.3, 0.4) is 0 Å². The summed E-state index contributed by atoms with van der Waals surface area (Å²) in [5, 5.41) is 0. The third-order valence-corrected chi connectivity index (χ3v) is 3.41. The Bertz CT molecular complexity index is 335. The molecule has 0 unspecified atom stereocenters. The Balaban J connectivity index is 2.20. The van der Waals surface area contributed by atoms with Crippen LogP contribution in [0.15, 0.2) is 18.2 Å². The van der Waals surface area contributed by atoms with Crippen LogP contribution in [0.25, 0.3) is 0 Å². The molecule has 0 fully saturated rings. The average Bonchev–Trinajstić information content (AvgIpc) is 2.29. The second-order valence-electron chi connectivity index (χ2n) is 4.31. The first-order valence-corrected chi connectivity index (χ1v) is 6.38. The number of hydrogen-bond acceptors (Lipinski definition) is 2. The van der Waals surface area contributed by atoms with Gasteiger partial charge in [0.25, 0.3) is 0 Å². The second-order valence-corrected chi connectivity index (χ2v) is 4.75. The van der Waals surface area contributed by atoms with Crippen molar-refractivity contribution in [3.8, 4) is 0 Å². The van der Waals surface area contributed by atoms with Gasteiger partial charge >= 0.3 is 0 Å². The molecule has 1 aliphatic rings. The zero-order valence-electron chi connectivity index (χ0n) is 9.37. The van der Waals surface area contributed by atoms with Crippen LogP contribution in [-0.2, 0) is 12.8 Å². The van der Waals surface area contributed by atoms with Crippen molar-refractivity contribution in [1.29, 1.82) is 0 Å². The zero-order valence-corrected chi connectivity index (χ0v) is 10.3. The van der Waals surface area contributed by atoms with E-state index >= 15 is 0 Å².